The van der Waals surface area contributed by atoms with Crippen LogP contribution in [0.5, 0.6) is 0 Å². The monoisotopic (exact) mass is 796 g/mol. The van der Waals surface area contributed by atoms with Crippen molar-refractivity contribution >= 4 is 41.0 Å². The standard InChI is InChI=1S/C44H54F2N8O4/c45-36-25-32(48-38-17-18-39(55)51-43(38)58)13-16-35(36)27-19-22-53(23-20-27)33-14-7-28(8-15-33)42(57)49-30-9-11-31(12-10-30)50-44-47-26-37(46)41(52-44)29-4-3-5-34(24-29)54-21-2-1-6-40(54)56/h3-5,13,16,24-28,30-31,33,38,48H,1-2,6-12,14-15,17-23H2,(H,49,57)(H,47,50,52)(H,51,55,58)/t28-,30?,31?,33-,38?. The average molecular weight is 797 g/mol. The highest BCUT2D eigenvalue weighted by Crippen LogP contribution is 2.36. The molecule has 3 saturated heterocycles. The van der Waals surface area contributed by atoms with Crippen molar-refractivity contribution in [3.05, 3.63) is 65.9 Å². The number of carbonyl (C=O) groups excluding carboxylic acids is 4. The fourth-order valence-corrected chi connectivity index (χ4v) is 9.68. The highest BCUT2D eigenvalue weighted by molar-refractivity contribution is 6.01. The molecule has 12 nitrogen and oxygen atoms in total. The number of aromatic nitrogens is 2. The Morgan fingerprint density at radius 2 is 1.55 bits per heavy atom. The van der Waals surface area contributed by atoms with Gasteiger partial charge in [-0.15, -0.1) is 0 Å². The van der Waals surface area contributed by atoms with Gasteiger partial charge in [0, 0.05) is 60.4 Å². The Balaban J connectivity index is 0.754. The highest BCUT2D eigenvalue weighted by atomic mass is 19.1. The molecule has 1 atom stereocenters. The lowest BCUT2D eigenvalue weighted by Crippen LogP contribution is -2.47. The molecule has 14 heteroatoms. The lowest BCUT2D eigenvalue weighted by atomic mass is 9.82. The lowest BCUT2D eigenvalue weighted by molar-refractivity contribution is -0.133. The molecule has 308 valence electrons. The Labute approximate surface area is 338 Å². The van der Waals surface area contributed by atoms with E-state index >= 15 is 4.39 Å². The summed E-state index contributed by atoms with van der Waals surface area (Å²) in [7, 11) is 0. The molecule has 5 fully saturated rings. The molecule has 2 aromatic carbocycles. The summed E-state index contributed by atoms with van der Waals surface area (Å²) in [6, 6.07) is 12.6. The number of rotatable bonds is 10. The summed E-state index contributed by atoms with van der Waals surface area (Å²) < 4.78 is 30.3. The van der Waals surface area contributed by atoms with E-state index in [0.717, 1.165) is 95.8 Å². The number of carbonyl (C=O) groups is 4. The summed E-state index contributed by atoms with van der Waals surface area (Å²) in [4.78, 5) is 62.5. The largest absolute Gasteiger partial charge is 0.374 e. The maximum atomic E-state index is 15.3. The van der Waals surface area contributed by atoms with Crippen LogP contribution in [0.2, 0.25) is 0 Å². The van der Waals surface area contributed by atoms with Crippen molar-refractivity contribution in [2.75, 3.05) is 35.2 Å². The first-order chi connectivity index (χ1) is 28.2. The molecule has 0 radical (unpaired) electrons. The molecule has 2 aliphatic carbocycles. The van der Waals surface area contributed by atoms with Crippen LogP contribution in [0.4, 0.5) is 26.1 Å². The molecule has 4 N–H and O–H groups in total. The summed E-state index contributed by atoms with van der Waals surface area (Å²) in [6.07, 6.45) is 13.0. The van der Waals surface area contributed by atoms with Crippen molar-refractivity contribution in [2.45, 2.75) is 126 Å². The molecule has 0 spiro atoms. The molecular weight excluding hydrogens is 743 g/mol. The van der Waals surface area contributed by atoms with E-state index in [1.165, 1.54) is 12.3 Å². The molecule has 58 heavy (non-hydrogen) atoms. The van der Waals surface area contributed by atoms with E-state index in [1.54, 1.807) is 11.0 Å². The number of piperidine rings is 3. The molecule has 5 aliphatic rings. The molecule has 2 saturated carbocycles. The number of imide groups is 1. The summed E-state index contributed by atoms with van der Waals surface area (Å²) >= 11 is 0. The first-order valence-corrected chi connectivity index (χ1v) is 21.3. The molecular formula is C44H54F2N8O4. The molecule has 1 aromatic heterocycles. The van der Waals surface area contributed by atoms with Gasteiger partial charge in [0.1, 0.15) is 17.6 Å². The number of amides is 4. The molecule has 3 aliphatic heterocycles. The van der Waals surface area contributed by atoms with E-state index in [0.29, 0.717) is 48.2 Å². The van der Waals surface area contributed by atoms with Crippen LogP contribution in [-0.4, -0.2) is 82.3 Å². The van der Waals surface area contributed by atoms with Gasteiger partial charge in [-0.3, -0.25) is 24.5 Å². The third kappa shape index (κ3) is 9.32. The second-order valence-corrected chi connectivity index (χ2v) is 16.8. The minimum absolute atomic E-state index is 0.0172. The van der Waals surface area contributed by atoms with Crippen molar-refractivity contribution in [1.29, 1.82) is 0 Å². The molecule has 4 heterocycles. The second kappa shape index (κ2) is 17.9. The zero-order valence-electron chi connectivity index (χ0n) is 33.0. The fraction of sp³-hybridized carbons (Fsp3) is 0.545. The lowest BCUT2D eigenvalue weighted by Gasteiger charge is -2.41. The number of nitrogens with one attached hydrogen (secondary N) is 4. The van der Waals surface area contributed by atoms with Crippen molar-refractivity contribution in [3.63, 3.8) is 0 Å². The summed E-state index contributed by atoms with van der Waals surface area (Å²) in [5.41, 5.74) is 2.80. The molecule has 3 aromatic rings. The van der Waals surface area contributed by atoms with Gasteiger partial charge in [-0.2, -0.15) is 0 Å². The molecule has 8 rings (SSSR count). The molecule has 1 unspecified atom stereocenters. The maximum absolute atomic E-state index is 15.3. The topological polar surface area (TPSA) is 149 Å². The third-order valence-electron chi connectivity index (χ3n) is 13.0. The van der Waals surface area contributed by atoms with E-state index < -0.39 is 11.9 Å². The van der Waals surface area contributed by atoms with Gasteiger partial charge < -0.3 is 25.8 Å². The number of benzene rings is 2. The van der Waals surface area contributed by atoms with Crippen molar-refractivity contribution in [2.24, 2.45) is 5.92 Å². The first kappa shape index (κ1) is 39.8. The normalized spacial score (nSPS) is 26.2. The fourth-order valence-electron chi connectivity index (χ4n) is 9.68. The van der Waals surface area contributed by atoms with Crippen LogP contribution < -0.4 is 26.2 Å². The van der Waals surface area contributed by atoms with Crippen LogP contribution in [0, 0.1) is 17.6 Å². The van der Waals surface area contributed by atoms with Crippen LogP contribution in [0.15, 0.2) is 48.7 Å². The van der Waals surface area contributed by atoms with Gasteiger partial charge in [0.25, 0.3) is 0 Å². The summed E-state index contributed by atoms with van der Waals surface area (Å²) in [5.74, 6) is -0.686. The third-order valence-corrected chi connectivity index (χ3v) is 13.0. The average Bonchev–Trinajstić information content (AvgIpc) is 3.24. The number of halogens is 2. The number of likely N-dealkylation sites (tertiary alicyclic amines) is 1. The van der Waals surface area contributed by atoms with Gasteiger partial charge in [-0.1, -0.05) is 18.2 Å². The number of hydrogen-bond donors (Lipinski definition) is 4. The van der Waals surface area contributed by atoms with E-state index in [4.69, 9.17) is 0 Å². The Bertz CT molecular complexity index is 1990. The first-order valence-electron chi connectivity index (χ1n) is 21.3. The van der Waals surface area contributed by atoms with E-state index in [9.17, 15) is 23.6 Å². The minimum atomic E-state index is -0.549. The second-order valence-electron chi connectivity index (χ2n) is 16.8. The number of hydrogen-bond acceptors (Lipinski definition) is 9. The van der Waals surface area contributed by atoms with Gasteiger partial charge in [-0.05, 0) is 132 Å². The van der Waals surface area contributed by atoms with Crippen molar-refractivity contribution in [1.82, 2.24) is 25.5 Å². The van der Waals surface area contributed by atoms with E-state index in [2.05, 4.69) is 36.1 Å². The summed E-state index contributed by atoms with van der Waals surface area (Å²) in [5, 5.41) is 12.1. The van der Waals surface area contributed by atoms with Gasteiger partial charge in [0.15, 0.2) is 5.82 Å². The predicted octanol–water partition coefficient (Wildman–Crippen LogP) is 6.43. The SMILES string of the molecule is O=C1CCC(Nc2ccc(C3CCN([C@H]4CC[C@H](C(=O)NC5CCC(Nc6ncc(F)c(-c7cccc(N8CCCCC8=O)c7)n6)CC5)CC4)CC3)c(F)c2)C(=O)N1. The Kier molecular flexibility index (Phi) is 12.3. The Hall–Kier alpha value is -4.98. The Morgan fingerprint density at radius 1 is 0.776 bits per heavy atom. The van der Waals surface area contributed by atoms with E-state index in [-0.39, 0.29) is 65.5 Å². The van der Waals surface area contributed by atoms with E-state index in [1.807, 2.05) is 30.3 Å². The highest BCUT2D eigenvalue weighted by Gasteiger charge is 2.34. The zero-order chi connectivity index (χ0) is 40.2. The van der Waals surface area contributed by atoms with Crippen LogP contribution >= 0.6 is 0 Å². The maximum Gasteiger partial charge on any atom is 0.249 e. The predicted molar refractivity (Wildman–Crippen MR) is 217 cm³/mol. The minimum Gasteiger partial charge on any atom is -0.374 e. The number of nitrogens with zero attached hydrogens (tertiary/aromatic N) is 4. The van der Waals surface area contributed by atoms with Crippen LogP contribution in [-0.2, 0) is 19.2 Å². The van der Waals surface area contributed by atoms with Crippen molar-refractivity contribution < 1.29 is 28.0 Å². The van der Waals surface area contributed by atoms with Crippen LogP contribution in [0.1, 0.15) is 108 Å². The molecule has 4 amide bonds. The van der Waals surface area contributed by atoms with Gasteiger partial charge in [-0.25, -0.2) is 18.7 Å². The van der Waals surface area contributed by atoms with Gasteiger partial charge in [0.05, 0.1) is 6.20 Å². The van der Waals surface area contributed by atoms with Gasteiger partial charge >= 0.3 is 0 Å². The quantitative estimate of drug-likeness (QED) is 0.170. The van der Waals surface area contributed by atoms with Gasteiger partial charge in [0.2, 0.25) is 29.6 Å². The van der Waals surface area contributed by atoms with Crippen LogP contribution in [0.25, 0.3) is 11.3 Å². The molecule has 0 bridgehead atoms. The Morgan fingerprint density at radius 3 is 2.29 bits per heavy atom. The zero-order valence-corrected chi connectivity index (χ0v) is 33.0. The van der Waals surface area contributed by atoms with Crippen molar-refractivity contribution in [3.8, 4) is 11.3 Å². The van der Waals surface area contributed by atoms with Crippen LogP contribution in [0.3, 0.4) is 0 Å². The summed E-state index contributed by atoms with van der Waals surface area (Å²) in [6.45, 7) is 2.46. The number of anilines is 3. The smallest absolute Gasteiger partial charge is 0.249 e.